The van der Waals surface area contributed by atoms with Crippen molar-refractivity contribution in [1.29, 1.82) is 5.26 Å². The summed E-state index contributed by atoms with van der Waals surface area (Å²) in [6.45, 7) is 2.24. The highest BCUT2D eigenvalue weighted by atomic mass is 16.5. The van der Waals surface area contributed by atoms with Gasteiger partial charge in [-0.3, -0.25) is 0 Å². The minimum atomic E-state index is -0.419. The van der Waals surface area contributed by atoms with Crippen LogP contribution in [0.25, 0.3) is 0 Å². The van der Waals surface area contributed by atoms with Crippen molar-refractivity contribution < 1.29 is 9.53 Å². The quantitative estimate of drug-likeness (QED) is 0.787. The van der Waals surface area contributed by atoms with E-state index in [1.165, 1.54) is 6.07 Å². The predicted octanol–water partition coefficient (Wildman–Crippen LogP) is 3.22. The van der Waals surface area contributed by atoms with Gasteiger partial charge in [-0.2, -0.15) is 5.26 Å². The van der Waals surface area contributed by atoms with Crippen molar-refractivity contribution in [3.8, 4) is 6.07 Å². The van der Waals surface area contributed by atoms with E-state index in [2.05, 4.69) is 0 Å². The third kappa shape index (κ3) is 3.43. The molecule has 0 aromatic heterocycles. The minimum absolute atomic E-state index is 0.232. The Morgan fingerprint density at radius 1 is 1.21 bits per heavy atom. The second kappa shape index (κ2) is 5.83. The first-order valence-electron chi connectivity index (χ1n) is 5.92. The molecule has 0 fully saturated rings. The highest BCUT2D eigenvalue weighted by Crippen LogP contribution is 2.09. The molecule has 94 valence electrons. The summed E-state index contributed by atoms with van der Waals surface area (Å²) in [5.41, 5.74) is 2.95. The number of ether oxygens (including phenoxy) is 1. The van der Waals surface area contributed by atoms with Crippen molar-refractivity contribution in [2.75, 3.05) is 0 Å². The van der Waals surface area contributed by atoms with Crippen LogP contribution in [-0.4, -0.2) is 5.97 Å². The van der Waals surface area contributed by atoms with Crippen LogP contribution in [0.2, 0.25) is 0 Å². The molecular weight excluding hydrogens is 238 g/mol. The average molecular weight is 251 g/mol. The van der Waals surface area contributed by atoms with E-state index in [1.54, 1.807) is 18.2 Å². The summed E-state index contributed by atoms with van der Waals surface area (Å²) in [4.78, 5) is 11.8. The van der Waals surface area contributed by atoms with Crippen LogP contribution in [0, 0.1) is 18.3 Å². The molecule has 19 heavy (non-hydrogen) atoms. The number of esters is 1. The van der Waals surface area contributed by atoms with Crippen molar-refractivity contribution in [2.24, 2.45) is 0 Å². The number of hydrogen-bond acceptors (Lipinski definition) is 3. The summed E-state index contributed by atoms with van der Waals surface area (Å²) in [6, 6.07) is 16.3. The van der Waals surface area contributed by atoms with Gasteiger partial charge in [0, 0.05) is 0 Å². The molecule has 0 N–H and O–H groups in total. The topological polar surface area (TPSA) is 50.1 Å². The van der Waals surface area contributed by atoms with Crippen LogP contribution in [0.3, 0.4) is 0 Å². The summed E-state index contributed by atoms with van der Waals surface area (Å²) in [5.74, 6) is -0.419. The fraction of sp³-hybridized carbons (Fsp3) is 0.125. The summed E-state index contributed by atoms with van der Waals surface area (Å²) >= 11 is 0. The molecule has 0 aliphatic rings. The second-order valence-electron chi connectivity index (χ2n) is 4.25. The molecule has 2 aromatic carbocycles. The molecule has 3 heteroatoms. The molecule has 0 saturated heterocycles. The van der Waals surface area contributed by atoms with Gasteiger partial charge < -0.3 is 4.74 Å². The number of rotatable bonds is 3. The normalized spacial score (nSPS) is 9.68. The molecular formula is C16H13NO2. The van der Waals surface area contributed by atoms with E-state index < -0.39 is 5.97 Å². The summed E-state index contributed by atoms with van der Waals surface area (Å²) < 4.78 is 5.21. The summed E-state index contributed by atoms with van der Waals surface area (Å²) in [5, 5.41) is 8.78. The first-order valence-corrected chi connectivity index (χ1v) is 5.92. The lowest BCUT2D eigenvalue weighted by molar-refractivity contribution is 0.0472. The molecule has 0 unspecified atom stereocenters. The third-order valence-corrected chi connectivity index (χ3v) is 2.72. The zero-order valence-corrected chi connectivity index (χ0v) is 10.6. The van der Waals surface area contributed by atoms with E-state index in [0.29, 0.717) is 11.1 Å². The van der Waals surface area contributed by atoms with Gasteiger partial charge in [0.2, 0.25) is 0 Å². The molecule has 0 radical (unpaired) electrons. The van der Waals surface area contributed by atoms with Gasteiger partial charge in [0.25, 0.3) is 0 Å². The maximum atomic E-state index is 11.8. The van der Waals surface area contributed by atoms with Crippen LogP contribution >= 0.6 is 0 Å². The Labute approximate surface area is 112 Å². The molecule has 0 heterocycles. The van der Waals surface area contributed by atoms with E-state index in [9.17, 15) is 4.79 Å². The molecule has 3 nitrogen and oxygen atoms in total. The molecule has 2 rings (SSSR count). The zero-order chi connectivity index (χ0) is 13.7. The Bertz CT molecular complexity index is 624. The lowest BCUT2D eigenvalue weighted by atomic mass is 10.1. The fourth-order valence-electron chi connectivity index (χ4n) is 1.63. The van der Waals surface area contributed by atoms with Crippen LogP contribution in [-0.2, 0) is 11.3 Å². The van der Waals surface area contributed by atoms with Gasteiger partial charge in [-0.15, -0.1) is 0 Å². The monoisotopic (exact) mass is 251 g/mol. The van der Waals surface area contributed by atoms with Gasteiger partial charge in [-0.1, -0.05) is 35.9 Å². The second-order valence-corrected chi connectivity index (χ2v) is 4.25. The van der Waals surface area contributed by atoms with Gasteiger partial charge in [0.15, 0.2) is 0 Å². The van der Waals surface area contributed by atoms with E-state index in [4.69, 9.17) is 10.00 Å². The fourth-order valence-corrected chi connectivity index (χ4v) is 1.63. The van der Waals surface area contributed by atoms with Gasteiger partial charge in [-0.25, -0.2) is 4.79 Å². The molecule has 0 spiro atoms. The van der Waals surface area contributed by atoms with Gasteiger partial charge in [-0.05, 0) is 30.7 Å². The molecule has 0 aliphatic carbocycles. The minimum Gasteiger partial charge on any atom is -0.457 e. The Morgan fingerprint density at radius 2 is 1.95 bits per heavy atom. The highest BCUT2D eigenvalue weighted by molar-refractivity contribution is 5.89. The van der Waals surface area contributed by atoms with E-state index in [1.807, 2.05) is 37.3 Å². The van der Waals surface area contributed by atoms with Crippen molar-refractivity contribution in [3.63, 3.8) is 0 Å². The smallest absolute Gasteiger partial charge is 0.338 e. The summed E-state index contributed by atoms with van der Waals surface area (Å²) in [7, 11) is 0. The molecule has 2 aromatic rings. The SMILES string of the molecule is Cc1ccc(COC(=O)c2cccc(C#N)c2)cc1. The lowest BCUT2D eigenvalue weighted by Gasteiger charge is -2.05. The van der Waals surface area contributed by atoms with Crippen molar-refractivity contribution in [3.05, 3.63) is 70.8 Å². The number of carbonyl (C=O) groups excluding carboxylic acids is 1. The van der Waals surface area contributed by atoms with Crippen molar-refractivity contribution in [1.82, 2.24) is 0 Å². The largest absolute Gasteiger partial charge is 0.457 e. The Hall–Kier alpha value is -2.60. The van der Waals surface area contributed by atoms with Gasteiger partial charge >= 0.3 is 5.97 Å². The number of aryl methyl sites for hydroxylation is 1. The number of nitrogens with zero attached hydrogens (tertiary/aromatic N) is 1. The van der Waals surface area contributed by atoms with Crippen LogP contribution in [0.15, 0.2) is 48.5 Å². The molecule has 0 bridgehead atoms. The Balaban J connectivity index is 2.01. The van der Waals surface area contributed by atoms with Gasteiger partial charge in [0.05, 0.1) is 17.2 Å². The van der Waals surface area contributed by atoms with Crippen LogP contribution in [0.4, 0.5) is 0 Å². The van der Waals surface area contributed by atoms with E-state index in [-0.39, 0.29) is 6.61 Å². The molecule has 0 amide bonds. The van der Waals surface area contributed by atoms with Crippen LogP contribution < -0.4 is 0 Å². The standard InChI is InChI=1S/C16H13NO2/c1-12-5-7-13(8-6-12)11-19-16(18)15-4-2-3-14(9-15)10-17/h2-9H,11H2,1H3. The first-order chi connectivity index (χ1) is 9.19. The van der Waals surface area contributed by atoms with Crippen LogP contribution in [0.1, 0.15) is 27.0 Å². The van der Waals surface area contributed by atoms with Crippen molar-refractivity contribution in [2.45, 2.75) is 13.5 Å². The Morgan fingerprint density at radius 3 is 2.63 bits per heavy atom. The first kappa shape index (κ1) is 12.8. The van der Waals surface area contributed by atoms with Crippen molar-refractivity contribution >= 4 is 5.97 Å². The highest BCUT2D eigenvalue weighted by Gasteiger charge is 2.07. The van der Waals surface area contributed by atoms with E-state index >= 15 is 0 Å². The maximum absolute atomic E-state index is 11.8. The molecule has 0 saturated carbocycles. The third-order valence-electron chi connectivity index (χ3n) is 2.72. The zero-order valence-electron chi connectivity index (χ0n) is 10.6. The van der Waals surface area contributed by atoms with E-state index in [0.717, 1.165) is 11.1 Å². The molecule has 0 atom stereocenters. The number of benzene rings is 2. The molecule has 0 aliphatic heterocycles. The number of hydrogen-bond donors (Lipinski definition) is 0. The lowest BCUT2D eigenvalue weighted by Crippen LogP contribution is -2.05. The average Bonchev–Trinajstić information content (AvgIpc) is 2.46. The number of carbonyl (C=O) groups is 1. The van der Waals surface area contributed by atoms with Gasteiger partial charge in [0.1, 0.15) is 6.61 Å². The maximum Gasteiger partial charge on any atom is 0.338 e. The van der Waals surface area contributed by atoms with Crippen LogP contribution in [0.5, 0.6) is 0 Å². The summed E-state index contributed by atoms with van der Waals surface area (Å²) in [6.07, 6.45) is 0. The predicted molar refractivity (Wildman–Crippen MR) is 71.5 cm³/mol. The Kier molecular flexibility index (Phi) is 3.94. The number of nitriles is 1.